The zero-order valence-electron chi connectivity index (χ0n) is 20.0. The number of benzene rings is 2. The summed E-state index contributed by atoms with van der Waals surface area (Å²) < 4.78 is 14.5. The largest absolute Gasteiger partial charge is 0.356 e. The van der Waals surface area contributed by atoms with Gasteiger partial charge in [0, 0.05) is 42.3 Å². The monoisotopic (exact) mass is 483 g/mol. The molecule has 4 heterocycles. The van der Waals surface area contributed by atoms with Gasteiger partial charge in [0.25, 0.3) is 11.5 Å². The van der Waals surface area contributed by atoms with Crippen molar-refractivity contribution in [2.24, 2.45) is 0 Å². The molecule has 6 rings (SSSR count). The van der Waals surface area contributed by atoms with Crippen molar-refractivity contribution < 1.29 is 9.18 Å². The molecule has 1 saturated heterocycles. The van der Waals surface area contributed by atoms with Gasteiger partial charge in [0.05, 0.1) is 5.69 Å². The van der Waals surface area contributed by atoms with Crippen molar-refractivity contribution in [3.63, 3.8) is 0 Å². The first-order valence-electron chi connectivity index (χ1n) is 12.3. The number of piperidine rings is 1. The number of carbonyl (C=O) groups excluding carboxylic acids is 1. The first-order valence-corrected chi connectivity index (χ1v) is 12.3. The lowest BCUT2D eigenvalue weighted by Gasteiger charge is -2.32. The number of aromatic amines is 1. The van der Waals surface area contributed by atoms with Crippen LogP contribution in [0.3, 0.4) is 0 Å². The lowest BCUT2D eigenvalue weighted by Crippen LogP contribution is -2.35. The molecule has 182 valence electrons. The Morgan fingerprint density at radius 2 is 1.86 bits per heavy atom. The second-order valence-electron chi connectivity index (χ2n) is 9.56. The Kier molecular flexibility index (Phi) is 5.51. The molecule has 7 nitrogen and oxygen atoms in total. The molecule has 0 unspecified atom stereocenters. The van der Waals surface area contributed by atoms with Crippen molar-refractivity contribution in [1.82, 2.24) is 15.0 Å². The number of hydrogen-bond donors (Lipinski definition) is 1. The topological polar surface area (TPSA) is 82.2 Å². The van der Waals surface area contributed by atoms with E-state index in [4.69, 9.17) is 0 Å². The van der Waals surface area contributed by atoms with Crippen LogP contribution in [0.2, 0.25) is 0 Å². The van der Waals surface area contributed by atoms with Gasteiger partial charge in [-0.2, -0.15) is 0 Å². The summed E-state index contributed by atoms with van der Waals surface area (Å²) in [5.41, 5.74) is 3.72. The first-order chi connectivity index (χ1) is 17.5. The van der Waals surface area contributed by atoms with Gasteiger partial charge in [-0.1, -0.05) is 24.3 Å². The standard InChI is InChI=1S/C28H26FN5O2/c1-17-6-7-24-20(26(17)29)10-13-34(24)28(36)23-15-25(31-16-30-23)33-11-8-18(9-12-33)21-14-19-4-2-3-5-22(19)32-27(21)35/h2-7,14-16,18H,8-13H2,1H3,(H,32,35). The third-order valence-corrected chi connectivity index (χ3v) is 7.45. The third-order valence-electron chi connectivity index (χ3n) is 7.45. The van der Waals surface area contributed by atoms with Gasteiger partial charge in [-0.25, -0.2) is 14.4 Å². The van der Waals surface area contributed by atoms with Crippen LogP contribution in [0.4, 0.5) is 15.9 Å². The number of halogens is 1. The summed E-state index contributed by atoms with van der Waals surface area (Å²) in [5, 5.41) is 1.03. The number of fused-ring (bicyclic) bond motifs is 2. The Hall–Kier alpha value is -4.07. The second kappa shape index (κ2) is 8.86. The van der Waals surface area contributed by atoms with Gasteiger partial charge in [0.15, 0.2) is 0 Å². The maximum atomic E-state index is 14.5. The molecule has 2 aliphatic heterocycles. The van der Waals surface area contributed by atoms with Gasteiger partial charge in [-0.05, 0) is 61.3 Å². The normalized spacial score (nSPS) is 15.9. The number of aryl methyl sites for hydroxylation is 1. The number of hydrogen-bond acceptors (Lipinski definition) is 5. The van der Waals surface area contributed by atoms with Crippen LogP contribution in [0.5, 0.6) is 0 Å². The molecule has 2 aliphatic rings. The van der Waals surface area contributed by atoms with E-state index in [1.165, 1.54) is 6.33 Å². The number of H-pyrrole nitrogens is 1. The van der Waals surface area contributed by atoms with Crippen LogP contribution < -0.4 is 15.4 Å². The number of amides is 1. The number of anilines is 2. The number of nitrogens with one attached hydrogen (secondary N) is 1. The summed E-state index contributed by atoms with van der Waals surface area (Å²) >= 11 is 0. The lowest BCUT2D eigenvalue weighted by molar-refractivity contribution is 0.0984. The number of para-hydroxylation sites is 1. The highest BCUT2D eigenvalue weighted by Gasteiger charge is 2.30. The summed E-state index contributed by atoms with van der Waals surface area (Å²) in [6, 6.07) is 15.0. The molecule has 0 saturated carbocycles. The quantitative estimate of drug-likeness (QED) is 0.469. The Labute approximate surface area is 207 Å². The van der Waals surface area contributed by atoms with E-state index in [-0.39, 0.29) is 23.2 Å². The van der Waals surface area contributed by atoms with E-state index in [1.807, 2.05) is 30.3 Å². The van der Waals surface area contributed by atoms with Crippen LogP contribution in [-0.4, -0.2) is 40.5 Å². The van der Waals surface area contributed by atoms with Crippen LogP contribution in [0.1, 0.15) is 45.9 Å². The summed E-state index contributed by atoms with van der Waals surface area (Å²) in [6.07, 6.45) is 3.53. The van der Waals surface area contributed by atoms with Crippen molar-refractivity contribution in [2.75, 3.05) is 29.4 Å². The van der Waals surface area contributed by atoms with E-state index in [0.29, 0.717) is 41.3 Å². The summed E-state index contributed by atoms with van der Waals surface area (Å²) in [6.45, 7) is 3.60. The van der Waals surface area contributed by atoms with E-state index in [0.717, 1.165) is 42.4 Å². The first kappa shape index (κ1) is 22.4. The Morgan fingerprint density at radius 3 is 2.69 bits per heavy atom. The summed E-state index contributed by atoms with van der Waals surface area (Å²) in [4.78, 5) is 41.4. The van der Waals surface area contributed by atoms with Gasteiger partial charge in [0.2, 0.25) is 0 Å². The van der Waals surface area contributed by atoms with E-state index in [2.05, 4.69) is 19.9 Å². The molecule has 1 N–H and O–H groups in total. The van der Waals surface area contributed by atoms with Crippen LogP contribution in [0.25, 0.3) is 10.9 Å². The molecule has 0 atom stereocenters. The highest BCUT2D eigenvalue weighted by molar-refractivity contribution is 6.06. The highest BCUT2D eigenvalue weighted by Crippen LogP contribution is 2.33. The minimum Gasteiger partial charge on any atom is -0.356 e. The SMILES string of the molecule is Cc1ccc2c(c1F)CCN2C(=O)c1cc(N2CCC(c3cc4ccccc4[nH]c3=O)CC2)ncn1. The molecule has 8 heteroatoms. The Morgan fingerprint density at radius 1 is 1.06 bits per heavy atom. The van der Waals surface area contributed by atoms with Crippen molar-refractivity contribution in [3.05, 3.63) is 93.4 Å². The lowest BCUT2D eigenvalue weighted by atomic mass is 9.89. The predicted molar refractivity (Wildman–Crippen MR) is 137 cm³/mol. The average Bonchev–Trinajstić information content (AvgIpc) is 3.35. The molecular weight excluding hydrogens is 457 g/mol. The van der Waals surface area contributed by atoms with E-state index < -0.39 is 0 Å². The Balaban J connectivity index is 1.19. The van der Waals surface area contributed by atoms with Crippen LogP contribution in [0.15, 0.2) is 59.7 Å². The van der Waals surface area contributed by atoms with Gasteiger partial charge in [-0.3, -0.25) is 9.59 Å². The Bertz CT molecular complexity index is 1540. The molecule has 2 aromatic carbocycles. The molecule has 4 aromatic rings. The fraction of sp³-hybridized carbons (Fsp3) is 0.286. The molecular formula is C28H26FN5O2. The average molecular weight is 484 g/mol. The number of aromatic nitrogens is 3. The minimum atomic E-state index is -0.252. The number of rotatable bonds is 3. The fourth-order valence-electron chi connectivity index (χ4n) is 5.44. The van der Waals surface area contributed by atoms with Gasteiger partial charge in [-0.15, -0.1) is 0 Å². The number of nitrogens with zero attached hydrogens (tertiary/aromatic N) is 4. The van der Waals surface area contributed by atoms with Gasteiger partial charge >= 0.3 is 0 Å². The van der Waals surface area contributed by atoms with E-state index in [1.54, 1.807) is 30.0 Å². The molecule has 36 heavy (non-hydrogen) atoms. The van der Waals surface area contributed by atoms with Crippen molar-refractivity contribution in [1.29, 1.82) is 0 Å². The summed E-state index contributed by atoms with van der Waals surface area (Å²) in [5.74, 6) is 0.364. The molecule has 0 aliphatic carbocycles. The molecule has 1 amide bonds. The molecule has 0 radical (unpaired) electrons. The van der Waals surface area contributed by atoms with Crippen molar-refractivity contribution in [3.8, 4) is 0 Å². The second-order valence-corrected chi connectivity index (χ2v) is 9.56. The van der Waals surface area contributed by atoms with E-state index >= 15 is 0 Å². The fourth-order valence-corrected chi connectivity index (χ4v) is 5.44. The van der Waals surface area contributed by atoms with Gasteiger partial charge < -0.3 is 14.8 Å². The van der Waals surface area contributed by atoms with Crippen LogP contribution >= 0.6 is 0 Å². The minimum absolute atomic E-state index is 0.0282. The van der Waals surface area contributed by atoms with Gasteiger partial charge in [0.1, 0.15) is 23.7 Å². The molecule has 2 aromatic heterocycles. The maximum absolute atomic E-state index is 14.5. The summed E-state index contributed by atoms with van der Waals surface area (Å²) in [7, 11) is 0. The highest BCUT2D eigenvalue weighted by atomic mass is 19.1. The van der Waals surface area contributed by atoms with Crippen molar-refractivity contribution >= 4 is 28.3 Å². The smallest absolute Gasteiger partial charge is 0.277 e. The van der Waals surface area contributed by atoms with Crippen molar-refractivity contribution in [2.45, 2.75) is 32.1 Å². The van der Waals surface area contributed by atoms with Crippen LogP contribution in [-0.2, 0) is 6.42 Å². The van der Waals surface area contributed by atoms with E-state index in [9.17, 15) is 14.0 Å². The molecule has 1 fully saturated rings. The third kappa shape index (κ3) is 3.82. The number of pyridine rings is 1. The zero-order chi connectivity index (χ0) is 24.8. The number of carbonyl (C=O) groups is 1. The zero-order valence-corrected chi connectivity index (χ0v) is 20.0. The molecule has 0 spiro atoms. The maximum Gasteiger partial charge on any atom is 0.277 e. The predicted octanol–water partition coefficient (Wildman–Crippen LogP) is 4.35. The molecule has 0 bridgehead atoms. The van der Waals surface area contributed by atoms with Crippen LogP contribution in [0, 0.1) is 12.7 Å².